The smallest absolute Gasteiger partial charge is 0.263 e. The molecule has 0 aliphatic heterocycles. The number of benzene rings is 2. The molecular formula is C21H18Cl2N2O2. The van der Waals surface area contributed by atoms with Crippen molar-refractivity contribution in [3.8, 4) is 0 Å². The molecule has 0 bridgehead atoms. The number of pyridine rings is 1. The van der Waals surface area contributed by atoms with Crippen LogP contribution in [0.5, 0.6) is 0 Å². The molecule has 3 aromatic rings. The zero-order valence-corrected chi connectivity index (χ0v) is 16.2. The maximum atomic E-state index is 12.8. The quantitative estimate of drug-likeness (QED) is 0.687. The first kappa shape index (κ1) is 19.2. The zero-order valence-electron chi connectivity index (χ0n) is 14.7. The number of hydrogen-bond acceptors (Lipinski definition) is 2. The Bertz CT molecular complexity index is 1030. The van der Waals surface area contributed by atoms with Gasteiger partial charge in [0, 0.05) is 22.3 Å². The van der Waals surface area contributed by atoms with Crippen molar-refractivity contribution < 1.29 is 4.79 Å². The number of carbonyl (C=O) groups is 1. The number of amides is 1. The van der Waals surface area contributed by atoms with Gasteiger partial charge >= 0.3 is 0 Å². The summed E-state index contributed by atoms with van der Waals surface area (Å²) in [6, 6.07) is 17.8. The van der Waals surface area contributed by atoms with Crippen LogP contribution in [0.2, 0.25) is 10.0 Å². The molecule has 0 saturated carbocycles. The van der Waals surface area contributed by atoms with E-state index in [1.807, 2.05) is 31.2 Å². The summed E-state index contributed by atoms with van der Waals surface area (Å²) >= 11 is 11.9. The van der Waals surface area contributed by atoms with Crippen molar-refractivity contribution in [2.24, 2.45) is 0 Å². The molecule has 2 aromatic carbocycles. The Labute approximate surface area is 167 Å². The molecule has 0 radical (unpaired) electrons. The second-order valence-corrected chi connectivity index (χ2v) is 7.09. The highest BCUT2D eigenvalue weighted by atomic mass is 35.5. The van der Waals surface area contributed by atoms with E-state index in [0.717, 1.165) is 16.8 Å². The number of nitrogens with zero attached hydrogens (tertiary/aromatic N) is 1. The van der Waals surface area contributed by atoms with Crippen LogP contribution >= 0.6 is 23.2 Å². The van der Waals surface area contributed by atoms with E-state index in [-0.39, 0.29) is 11.1 Å². The Morgan fingerprint density at radius 2 is 1.70 bits per heavy atom. The van der Waals surface area contributed by atoms with Crippen LogP contribution in [0.4, 0.5) is 0 Å². The third kappa shape index (κ3) is 4.79. The lowest BCUT2D eigenvalue weighted by Gasteiger charge is -2.12. The Kier molecular flexibility index (Phi) is 5.99. The Morgan fingerprint density at radius 3 is 2.41 bits per heavy atom. The number of aryl methyl sites for hydroxylation is 1. The highest BCUT2D eigenvalue weighted by Crippen LogP contribution is 2.13. The summed E-state index contributed by atoms with van der Waals surface area (Å²) in [7, 11) is 0. The second-order valence-electron chi connectivity index (χ2n) is 6.22. The topological polar surface area (TPSA) is 51.1 Å². The molecule has 27 heavy (non-hydrogen) atoms. The highest BCUT2D eigenvalue weighted by Gasteiger charge is 2.14. The number of hydrogen-bond donors (Lipinski definition) is 1. The first-order valence-electron chi connectivity index (χ1n) is 8.41. The molecule has 0 atom stereocenters. The molecule has 0 unspecified atom stereocenters. The monoisotopic (exact) mass is 400 g/mol. The molecule has 1 amide bonds. The normalized spacial score (nSPS) is 10.6. The second kappa shape index (κ2) is 8.42. The maximum Gasteiger partial charge on any atom is 0.263 e. The SMILES string of the molecule is Cc1ccc(C(=O)NCc2ccc(Cl)cc2)c(=O)n1Cc1cccc(Cl)c1. The lowest BCUT2D eigenvalue weighted by molar-refractivity contribution is 0.0949. The van der Waals surface area contributed by atoms with Gasteiger partial charge in [-0.1, -0.05) is 47.5 Å². The van der Waals surface area contributed by atoms with Crippen LogP contribution in [0.1, 0.15) is 27.2 Å². The fourth-order valence-corrected chi connectivity index (χ4v) is 3.08. The standard InChI is InChI=1S/C21H18Cl2N2O2/c1-14-5-10-19(20(26)24-12-15-6-8-17(22)9-7-15)21(27)25(14)13-16-3-2-4-18(23)11-16/h2-11H,12-13H2,1H3,(H,24,26). The van der Waals surface area contributed by atoms with E-state index in [1.54, 1.807) is 41.0 Å². The van der Waals surface area contributed by atoms with E-state index in [0.29, 0.717) is 23.1 Å². The summed E-state index contributed by atoms with van der Waals surface area (Å²) < 4.78 is 1.57. The number of aromatic nitrogens is 1. The van der Waals surface area contributed by atoms with E-state index >= 15 is 0 Å². The first-order valence-corrected chi connectivity index (χ1v) is 9.17. The Balaban J connectivity index is 1.80. The molecule has 1 aromatic heterocycles. The fourth-order valence-electron chi connectivity index (χ4n) is 2.74. The summed E-state index contributed by atoms with van der Waals surface area (Å²) in [5.74, 6) is -0.408. The molecule has 0 aliphatic rings. The molecule has 1 heterocycles. The van der Waals surface area contributed by atoms with Gasteiger partial charge in [0.05, 0.1) is 6.54 Å². The van der Waals surface area contributed by atoms with Crippen molar-refractivity contribution in [1.82, 2.24) is 9.88 Å². The van der Waals surface area contributed by atoms with E-state index in [4.69, 9.17) is 23.2 Å². The first-order chi connectivity index (χ1) is 12.9. The minimum atomic E-state index is -0.408. The van der Waals surface area contributed by atoms with Gasteiger partial charge in [-0.25, -0.2) is 0 Å². The van der Waals surface area contributed by atoms with Gasteiger partial charge in [-0.2, -0.15) is 0 Å². The molecule has 4 nitrogen and oxygen atoms in total. The fraction of sp³-hybridized carbons (Fsp3) is 0.143. The predicted molar refractivity (Wildman–Crippen MR) is 109 cm³/mol. The van der Waals surface area contributed by atoms with Gasteiger partial charge in [0.1, 0.15) is 5.56 Å². The van der Waals surface area contributed by atoms with Crippen LogP contribution in [0.25, 0.3) is 0 Å². The minimum Gasteiger partial charge on any atom is -0.348 e. The van der Waals surface area contributed by atoms with Crippen LogP contribution in [0.15, 0.2) is 65.5 Å². The van der Waals surface area contributed by atoms with Gasteiger partial charge in [0.25, 0.3) is 11.5 Å². The summed E-state index contributed by atoms with van der Waals surface area (Å²) in [4.78, 5) is 25.3. The van der Waals surface area contributed by atoms with Gasteiger partial charge in [0.2, 0.25) is 0 Å². The lowest BCUT2D eigenvalue weighted by Crippen LogP contribution is -2.33. The van der Waals surface area contributed by atoms with Crippen LogP contribution < -0.4 is 10.9 Å². The molecule has 0 saturated heterocycles. The summed E-state index contributed by atoms with van der Waals surface area (Å²) in [5, 5.41) is 4.02. The molecule has 1 N–H and O–H groups in total. The molecule has 3 rings (SSSR count). The molecular weight excluding hydrogens is 383 g/mol. The van der Waals surface area contributed by atoms with Gasteiger partial charge in [-0.15, -0.1) is 0 Å². The predicted octanol–water partition coefficient (Wildman–Crippen LogP) is 4.44. The molecule has 6 heteroatoms. The third-order valence-electron chi connectivity index (χ3n) is 4.23. The average Bonchev–Trinajstić information content (AvgIpc) is 2.64. The van der Waals surface area contributed by atoms with Crippen LogP contribution in [0.3, 0.4) is 0 Å². The molecule has 138 valence electrons. The van der Waals surface area contributed by atoms with Crippen LogP contribution in [-0.4, -0.2) is 10.5 Å². The summed E-state index contributed by atoms with van der Waals surface area (Å²) in [6.07, 6.45) is 0. The minimum absolute atomic E-state index is 0.108. The third-order valence-corrected chi connectivity index (χ3v) is 4.72. The largest absolute Gasteiger partial charge is 0.348 e. The van der Waals surface area contributed by atoms with E-state index in [9.17, 15) is 9.59 Å². The van der Waals surface area contributed by atoms with Crippen molar-refractivity contribution in [2.75, 3.05) is 0 Å². The highest BCUT2D eigenvalue weighted by molar-refractivity contribution is 6.30. The van der Waals surface area contributed by atoms with E-state index in [2.05, 4.69) is 5.32 Å². The van der Waals surface area contributed by atoms with Gasteiger partial charge in [0.15, 0.2) is 0 Å². The maximum absolute atomic E-state index is 12.8. The van der Waals surface area contributed by atoms with Crippen LogP contribution in [0, 0.1) is 6.92 Å². The number of rotatable bonds is 5. The van der Waals surface area contributed by atoms with Crippen molar-refractivity contribution in [3.05, 3.63) is 103 Å². The van der Waals surface area contributed by atoms with E-state index in [1.165, 1.54) is 0 Å². The van der Waals surface area contributed by atoms with Gasteiger partial charge in [-0.3, -0.25) is 9.59 Å². The van der Waals surface area contributed by atoms with Gasteiger partial charge < -0.3 is 9.88 Å². The van der Waals surface area contributed by atoms with Crippen molar-refractivity contribution in [3.63, 3.8) is 0 Å². The molecule has 0 fully saturated rings. The van der Waals surface area contributed by atoms with Crippen molar-refractivity contribution in [1.29, 1.82) is 0 Å². The summed E-state index contributed by atoms with van der Waals surface area (Å²) in [6.45, 7) is 2.50. The molecule has 0 spiro atoms. The lowest BCUT2D eigenvalue weighted by atomic mass is 10.1. The summed E-state index contributed by atoms with van der Waals surface area (Å²) in [5.41, 5.74) is 2.35. The zero-order chi connectivity index (χ0) is 19.4. The molecule has 0 aliphatic carbocycles. The average molecular weight is 401 g/mol. The number of carbonyl (C=O) groups excluding carboxylic acids is 1. The van der Waals surface area contributed by atoms with Gasteiger partial charge in [-0.05, 0) is 54.4 Å². The Morgan fingerprint density at radius 1 is 0.963 bits per heavy atom. The Hall–Kier alpha value is -2.56. The van der Waals surface area contributed by atoms with E-state index < -0.39 is 5.91 Å². The number of halogens is 2. The van der Waals surface area contributed by atoms with Crippen molar-refractivity contribution >= 4 is 29.1 Å². The number of nitrogens with one attached hydrogen (secondary N) is 1. The van der Waals surface area contributed by atoms with Crippen LogP contribution in [-0.2, 0) is 13.1 Å². The van der Waals surface area contributed by atoms with Crippen molar-refractivity contribution in [2.45, 2.75) is 20.0 Å².